The molecule has 1 aliphatic heterocycles. The number of piperidine rings is 1. The Kier molecular flexibility index (Phi) is 4.99. The highest BCUT2D eigenvalue weighted by molar-refractivity contribution is 7.22. The number of rotatable bonds is 5. The molecule has 1 amide bonds. The van der Waals surface area contributed by atoms with Crippen molar-refractivity contribution in [3.05, 3.63) is 54.9 Å². The Morgan fingerprint density at radius 3 is 2.66 bits per heavy atom. The lowest BCUT2D eigenvalue weighted by molar-refractivity contribution is -0.117. The maximum atomic E-state index is 12.4. The second kappa shape index (κ2) is 7.93. The molecule has 6 nitrogen and oxygen atoms in total. The lowest BCUT2D eigenvalue weighted by atomic mass is 9.96. The van der Waals surface area contributed by atoms with Crippen LogP contribution >= 0.6 is 11.3 Å². The highest BCUT2D eigenvalue weighted by Gasteiger charge is 2.22. The van der Waals surface area contributed by atoms with Gasteiger partial charge in [-0.2, -0.15) is 0 Å². The van der Waals surface area contributed by atoms with Crippen LogP contribution in [0.3, 0.4) is 0 Å². The molecule has 5 rings (SSSR count). The van der Waals surface area contributed by atoms with Crippen LogP contribution in [0.1, 0.15) is 12.8 Å². The van der Waals surface area contributed by atoms with Gasteiger partial charge in [0.2, 0.25) is 5.91 Å². The molecular weight excluding hydrogens is 382 g/mol. The quantitative estimate of drug-likeness (QED) is 0.545. The van der Waals surface area contributed by atoms with Crippen molar-refractivity contribution < 1.29 is 4.79 Å². The van der Waals surface area contributed by atoms with E-state index in [1.165, 1.54) is 16.9 Å². The van der Waals surface area contributed by atoms with E-state index in [9.17, 15) is 4.79 Å². The molecule has 1 aliphatic rings. The number of benzene rings is 2. The zero-order chi connectivity index (χ0) is 19.6. The zero-order valence-corrected chi connectivity index (χ0v) is 16.9. The van der Waals surface area contributed by atoms with Gasteiger partial charge in [-0.3, -0.25) is 9.69 Å². The normalized spacial score (nSPS) is 15.9. The molecule has 29 heavy (non-hydrogen) atoms. The van der Waals surface area contributed by atoms with Crippen LogP contribution in [0.2, 0.25) is 0 Å². The van der Waals surface area contributed by atoms with Gasteiger partial charge in [0.05, 0.1) is 34.1 Å². The van der Waals surface area contributed by atoms with Crippen molar-refractivity contribution in [1.29, 1.82) is 0 Å². The molecule has 7 heteroatoms. The SMILES string of the molecule is O=C(CN1CCC(Cn2cnc3ccccc32)CC1)Nc1nc2ccccc2s1. The van der Waals surface area contributed by atoms with E-state index in [4.69, 9.17) is 0 Å². The van der Waals surface area contributed by atoms with Crippen molar-refractivity contribution in [3.63, 3.8) is 0 Å². The number of aromatic nitrogens is 3. The molecule has 0 saturated carbocycles. The number of nitrogens with one attached hydrogen (secondary N) is 1. The monoisotopic (exact) mass is 405 g/mol. The number of amides is 1. The maximum Gasteiger partial charge on any atom is 0.240 e. The molecule has 0 aliphatic carbocycles. The molecule has 0 unspecified atom stereocenters. The molecule has 148 valence electrons. The first kappa shape index (κ1) is 18.3. The summed E-state index contributed by atoms with van der Waals surface area (Å²) < 4.78 is 3.35. The number of likely N-dealkylation sites (tertiary alicyclic amines) is 1. The molecule has 3 heterocycles. The molecule has 4 aromatic rings. The molecule has 2 aromatic carbocycles. The van der Waals surface area contributed by atoms with Crippen LogP contribution in [-0.4, -0.2) is 45.0 Å². The van der Waals surface area contributed by atoms with Crippen molar-refractivity contribution >= 4 is 43.6 Å². The van der Waals surface area contributed by atoms with Gasteiger partial charge in [0.1, 0.15) is 0 Å². The Bertz CT molecular complexity index is 1110. The largest absolute Gasteiger partial charge is 0.330 e. The third-order valence-electron chi connectivity index (χ3n) is 5.60. The number of hydrogen-bond acceptors (Lipinski definition) is 5. The van der Waals surface area contributed by atoms with Crippen LogP contribution in [0.25, 0.3) is 21.3 Å². The van der Waals surface area contributed by atoms with Crippen molar-refractivity contribution in [2.24, 2.45) is 5.92 Å². The van der Waals surface area contributed by atoms with Gasteiger partial charge in [-0.15, -0.1) is 0 Å². The number of thiazole rings is 1. The summed E-state index contributed by atoms with van der Waals surface area (Å²) in [5.41, 5.74) is 3.18. The molecule has 1 N–H and O–H groups in total. The molecule has 0 bridgehead atoms. The van der Waals surface area contributed by atoms with Crippen molar-refractivity contribution in [1.82, 2.24) is 19.4 Å². The third kappa shape index (κ3) is 4.02. The van der Waals surface area contributed by atoms with Crippen LogP contribution in [-0.2, 0) is 11.3 Å². The number of anilines is 1. The van der Waals surface area contributed by atoms with Gasteiger partial charge in [-0.25, -0.2) is 9.97 Å². The molecule has 0 atom stereocenters. The highest BCUT2D eigenvalue weighted by atomic mass is 32.1. The lowest BCUT2D eigenvalue weighted by Crippen LogP contribution is -2.39. The standard InChI is InChI=1S/C22H23N5OS/c28-21(25-22-24-18-6-2-4-8-20(18)29-22)14-26-11-9-16(10-12-26)13-27-15-23-17-5-1-3-7-19(17)27/h1-8,15-16H,9-14H2,(H,24,25,28). The van der Waals surface area contributed by atoms with Gasteiger partial charge in [-0.05, 0) is 56.1 Å². The number of nitrogens with zero attached hydrogens (tertiary/aromatic N) is 4. The maximum absolute atomic E-state index is 12.4. The second-order valence-electron chi connectivity index (χ2n) is 7.64. The van der Waals surface area contributed by atoms with Crippen LogP contribution in [0.5, 0.6) is 0 Å². The van der Waals surface area contributed by atoms with Crippen molar-refractivity contribution in [3.8, 4) is 0 Å². The molecule has 1 saturated heterocycles. The summed E-state index contributed by atoms with van der Waals surface area (Å²) in [6, 6.07) is 16.2. The Hall–Kier alpha value is -2.77. The van der Waals surface area contributed by atoms with Crippen LogP contribution in [0.15, 0.2) is 54.9 Å². The van der Waals surface area contributed by atoms with Crippen LogP contribution < -0.4 is 5.32 Å². The van der Waals surface area contributed by atoms with E-state index in [1.54, 1.807) is 0 Å². The number of hydrogen-bond donors (Lipinski definition) is 1. The second-order valence-corrected chi connectivity index (χ2v) is 8.67. The van der Waals surface area contributed by atoms with Crippen molar-refractivity contribution in [2.45, 2.75) is 19.4 Å². The fourth-order valence-electron chi connectivity index (χ4n) is 4.05. The summed E-state index contributed by atoms with van der Waals surface area (Å²) in [7, 11) is 0. The van der Waals surface area contributed by atoms with Gasteiger partial charge in [0.15, 0.2) is 5.13 Å². The minimum atomic E-state index is 0.0168. The minimum absolute atomic E-state index is 0.0168. The average molecular weight is 406 g/mol. The number of fused-ring (bicyclic) bond motifs is 2. The molecule has 2 aromatic heterocycles. The summed E-state index contributed by atoms with van der Waals surface area (Å²) in [4.78, 5) is 23.7. The highest BCUT2D eigenvalue weighted by Crippen LogP contribution is 2.26. The van der Waals surface area contributed by atoms with Gasteiger partial charge in [0, 0.05) is 6.54 Å². The Morgan fingerprint density at radius 2 is 1.83 bits per heavy atom. The fraction of sp³-hybridized carbons (Fsp3) is 0.318. The Labute approximate surface area is 173 Å². The first-order valence-corrected chi connectivity index (χ1v) is 10.8. The summed E-state index contributed by atoms with van der Waals surface area (Å²) in [6.07, 6.45) is 4.14. The third-order valence-corrected chi connectivity index (χ3v) is 6.55. The van der Waals surface area contributed by atoms with Gasteiger partial charge < -0.3 is 9.88 Å². The minimum Gasteiger partial charge on any atom is -0.330 e. The number of carbonyl (C=O) groups excluding carboxylic acids is 1. The van der Waals surface area contributed by atoms with E-state index in [0.717, 1.165) is 48.2 Å². The van der Waals surface area contributed by atoms with Gasteiger partial charge in [-0.1, -0.05) is 35.6 Å². The predicted molar refractivity (Wildman–Crippen MR) is 117 cm³/mol. The molecule has 0 radical (unpaired) electrons. The topological polar surface area (TPSA) is 63.1 Å². The van der Waals surface area contributed by atoms with Crippen LogP contribution in [0, 0.1) is 5.92 Å². The van der Waals surface area contributed by atoms with E-state index < -0.39 is 0 Å². The van der Waals surface area contributed by atoms with Crippen molar-refractivity contribution in [2.75, 3.05) is 25.0 Å². The first-order valence-electron chi connectivity index (χ1n) is 10.0. The Morgan fingerprint density at radius 1 is 1.07 bits per heavy atom. The first-order chi connectivity index (χ1) is 14.2. The summed E-state index contributed by atoms with van der Waals surface area (Å²) in [6.45, 7) is 3.32. The van der Waals surface area contributed by atoms with E-state index in [1.807, 2.05) is 36.7 Å². The zero-order valence-electron chi connectivity index (χ0n) is 16.1. The van der Waals surface area contributed by atoms with E-state index in [0.29, 0.717) is 17.6 Å². The Balaban J connectivity index is 1.13. The fourth-order valence-corrected chi connectivity index (χ4v) is 4.93. The lowest BCUT2D eigenvalue weighted by Gasteiger charge is -2.31. The summed E-state index contributed by atoms with van der Waals surface area (Å²) >= 11 is 1.52. The van der Waals surface area contributed by atoms with E-state index in [-0.39, 0.29) is 5.91 Å². The summed E-state index contributed by atoms with van der Waals surface area (Å²) in [5, 5.41) is 3.64. The van der Waals surface area contributed by atoms with Gasteiger partial charge in [0.25, 0.3) is 0 Å². The van der Waals surface area contributed by atoms with Crippen LogP contribution in [0.4, 0.5) is 5.13 Å². The number of imidazole rings is 1. The van der Waals surface area contributed by atoms with Gasteiger partial charge >= 0.3 is 0 Å². The molecule has 1 fully saturated rings. The number of carbonyl (C=O) groups is 1. The van der Waals surface area contributed by atoms with E-state index >= 15 is 0 Å². The smallest absolute Gasteiger partial charge is 0.240 e. The molecule has 0 spiro atoms. The average Bonchev–Trinajstić information content (AvgIpc) is 3.33. The van der Waals surface area contributed by atoms with E-state index in [2.05, 4.69) is 43.0 Å². The molecular formula is C22H23N5OS. The predicted octanol–water partition coefficient (Wildman–Crippen LogP) is 4.00. The summed E-state index contributed by atoms with van der Waals surface area (Å²) in [5.74, 6) is 0.638. The number of para-hydroxylation sites is 3.